The van der Waals surface area contributed by atoms with Gasteiger partial charge < -0.3 is 0 Å². The molecule has 0 aliphatic heterocycles. The van der Waals surface area contributed by atoms with Crippen LogP contribution in [-0.2, 0) is 18.3 Å². The molecule has 0 spiro atoms. The second-order valence-electron chi connectivity index (χ2n) is 2.68. The number of carbonyl (C=O) groups excluding carboxylic acids is 2. The van der Waals surface area contributed by atoms with Crippen molar-refractivity contribution in [1.29, 1.82) is 0 Å². The molecule has 1 aromatic heterocycles. The quantitative estimate of drug-likeness (QED) is 0.609. The zero-order valence-corrected chi connectivity index (χ0v) is 7.07. The molecule has 4 heteroatoms. The van der Waals surface area contributed by atoms with Gasteiger partial charge in [0.25, 0.3) is 0 Å². The fourth-order valence-electron chi connectivity index (χ4n) is 1.01. The van der Waals surface area contributed by atoms with Crippen molar-refractivity contribution in [2.45, 2.75) is 13.3 Å². The van der Waals surface area contributed by atoms with Crippen molar-refractivity contribution in [3.8, 4) is 0 Å². The number of nitrogens with zero attached hydrogens (tertiary/aromatic N) is 2. The van der Waals surface area contributed by atoms with E-state index >= 15 is 0 Å². The Bertz CT molecular complexity index is 315. The molecule has 0 saturated heterocycles. The van der Waals surface area contributed by atoms with E-state index < -0.39 is 0 Å². The fourth-order valence-corrected chi connectivity index (χ4v) is 1.01. The molecule has 1 heterocycles. The van der Waals surface area contributed by atoms with Crippen LogP contribution in [0.3, 0.4) is 0 Å². The maximum Gasteiger partial charge on any atom is 0.170 e. The molecule has 0 radical (unpaired) electrons. The molecule has 1 aromatic rings. The standard InChI is InChI=1S/C8H10N2O2/c1-6(12)3-8-4-7(5-11)9-10(8)2/h4-5H,3H2,1-2H3. The van der Waals surface area contributed by atoms with Crippen molar-refractivity contribution in [2.24, 2.45) is 7.05 Å². The van der Waals surface area contributed by atoms with E-state index in [0.29, 0.717) is 18.4 Å². The third-order valence-electron chi connectivity index (χ3n) is 1.55. The largest absolute Gasteiger partial charge is 0.300 e. The third kappa shape index (κ3) is 1.78. The Morgan fingerprint density at radius 2 is 2.42 bits per heavy atom. The first-order valence-corrected chi connectivity index (χ1v) is 3.61. The number of aldehydes is 1. The lowest BCUT2D eigenvalue weighted by molar-refractivity contribution is -0.116. The first-order chi connectivity index (χ1) is 5.63. The highest BCUT2D eigenvalue weighted by Gasteiger charge is 2.05. The molecule has 0 aliphatic carbocycles. The van der Waals surface area contributed by atoms with Crippen LogP contribution in [0.4, 0.5) is 0 Å². The minimum Gasteiger partial charge on any atom is -0.300 e. The van der Waals surface area contributed by atoms with E-state index in [9.17, 15) is 9.59 Å². The van der Waals surface area contributed by atoms with Gasteiger partial charge in [-0.15, -0.1) is 0 Å². The Balaban J connectivity index is 2.91. The van der Waals surface area contributed by atoms with E-state index in [1.54, 1.807) is 17.8 Å². The van der Waals surface area contributed by atoms with E-state index in [1.165, 1.54) is 6.92 Å². The zero-order valence-electron chi connectivity index (χ0n) is 7.07. The van der Waals surface area contributed by atoms with Crippen LogP contribution in [0.15, 0.2) is 6.07 Å². The minimum atomic E-state index is 0.0652. The van der Waals surface area contributed by atoms with E-state index in [-0.39, 0.29) is 5.78 Å². The summed E-state index contributed by atoms with van der Waals surface area (Å²) in [5, 5.41) is 3.88. The number of hydrogen-bond donors (Lipinski definition) is 0. The second kappa shape index (κ2) is 3.30. The Morgan fingerprint density at radius 3 is 2.83 bits per heavy atom. The molecule has 4 nitrogen and oxygen atoms in total. The summed E-state index contributed by atoms with van der Waals surface area (Å²) < 4.78 is 1.55. The lowest BCUT2D eigenvalue weighted by atomic mass is 10.2. The monoisotopic (exact) mass is 166 g/mol. The summed E-state index contributed by atoms with van der Waals surface area (Å²) in [4.78, 5) is 21.0. The van der Waals surface area contributed by atoms with Crippen LogP contribution >= 0.6 is 0 Å². The number of rotatable bonds is 3. The van der Waals surface area contributed by atoms with Gasteiger partial charge in [0.15, 0.2) is 6.29 Å². The second-order valence-corrected chi connectivity index (χ2v) is 2.68. The number of hydrogen-bond acceptors (Lipinski definition) is 3. The molecule has 0 saturated carbocycles. The highest BCUT2D eigenvalue weighted by molar-refractivity contribution is 5.78. The van der Waals surface area contributed by atoms with Gasteiger partial charge in [0.05, 0.1) is 0 Å². The van der Waals surface area contributed by atoms with Crippen molar-refractivity contribution in [1.82, 2.24) is 9.78 Å². The van der Waals surface area contributed by atoms with Gasteiger partial charge in [0.2, 0.25) is 0 Å². The van der Waals surface area contributed by atoms with Gasteiger partial charge in [-0.25, -0.2) is 0 Å². The summed E-state index contributed by atoms with van der Waals surface area (Å²) in [6.07, 6.45) is 1.00. The van der Waals surface area contributed by atoms with Crippen molar-refractivity contribution in [3.63, 3.8) is 0 Å². The molecule has 0 aliphatic rings. The summed E-state index contributed by atoms with van der Waals surface area (Å²) in [7, 11) is 1.71. The highest BCUT2D eigenvalue weighted by Crippen LogP contribution is 2.02. The molecule has 0 fully saturated rings. The summed E-state index contributed by atoms with van der Waals surface area (Å²) in [6.45, 7) is 1.51. The molecule has 0 bridgehead atoms. The van der Waals surface area contributed by atoms with E-state index in [0.717, 1.165) is 5.69 Å². The van der Waals surface area contributed by atoms with Gasteiger partial charge in [-0.1, -0.05) is 0 Å². The first kappa shape index (κ1) is 8.64. The number of aryl methyl sites for hydroxylation is 1. The topological polar surface area (TPSA) is 52.0 Å². The van der Waals surface area contributed by atoms with Gasteiger partial charge >= 0.3 is 0 Å². The lowest BCUT2D eigenvalue weighted by Gasteiger charge is -1.95. The van der Waals surface area contributed by atoms with E-state index in [2.05, 4.69) is 5.10 Å². The number of carbonyl (C=O) groups is 2. The molecule has 1 rings (SSSR count). The van der Waals surface area contributed by atoms with Crippen LogP contribution < -0.4 is 0 Å². The Morgan fingerprint density at radius 1 is 1.75 bits per heavy atom. The molecule has 0 amide bonds. The normalized spacial score (nSPS) is 9.83. The number of aromatic nitrogens is 2. The van der Waals surface area contributed by atoms with E-state index in [1.807, 2.05) is 0 Å². The van der Waals surface area contributed by atoms with Crippen molar-refractivity contribution in [3.05, 3.63) is 17.5 Å². The summed E-state index contributed by atoms with van der Waals surface area (Å²) in [6, 6.07) is 1.62. The maximum atomic E-state index is 10.7. The molecule has 12 heavy (non-hydrogen) atoms. The molecular formula is C8H10N2O2. The predicted molar refractivity (Wildman–Crippen MR) is 43.0 cm³/mol. The predicted octanol–water partition coefficient (Wildman–Crippen LogP) is 0.364. The van der Waals surface area contributed by atoms with Gasteiger partial charge in [-0.3, -0.25) is 14.3 Å². The minimum absolute atomic E-state index is 0.0652. The van der Waals surface area contributed by atoms with Crippen LogP contribution in [0.2, 0.25) is 0 Å². The molecule has 64 valence electrons. The SMILES string of the molecule is CC(=O)Cc1cc(C=O)nn1C. The van der Waals surface area contributed by atoms with Gasteiger partial charge in [-0.2, -0.15) is 5.10 Å². The summed E-state index contributed by atoms with van der Waals surface area (Å²) in [5.74, 6) is 0.0652. The van der Waals surface area contributed by atoms with Crippen molar-refractivity contribution >= 4 is 12.1 Å². The van der Waals surface area contributed by atoms with Crippen LogP contribution in [0, 0.1) is 0 Å². The maximum absolute atomic E-state index is 10.7. The molecule has 0 N–H and O–H groups in total. The number of Topliss-reactive ketones (excluding diaryl/α,β-unsaturated/α-hetero) is 1. The average Bonchev–Trinajstić information content (AvgIpc) is 2.31. The smallest absolute Gasteiger partial charge is 0.170 e. The summed E-state index contributed by atoms with van der Waals surface area (Å²) >= 11 is 0. The van der Waals surface area contributed by atoms with Crippen LogP contribution in [-0.4, -0.2) is 21.8 Å². The fraction of sp³-hybridized carbons (Fsp3) is 0.375. The van der Waals surface area contributed by atoms with Gasteiger partial charge in [0.1, 0.15) is 11.5 Å². The third-order valence-corrected chi connectivity index (χ3v) is 1.55. The molecule has 0 unspecified atom stereocenters. The lowest BCUT2D eigenvalue weighted by Crippen LogP contribution is -2.03. The Hall–Kier alpha value is -1.45. The number of ketones is 1. The van der Waals surface area contributed by atoms with E-state index in [4.69, 9.17) is 0 Å². The molecule has 0 aromatic carbocycles. The molecular weight excluding hydrogens is 156 g/mol. The Labute approximate surface area is 70.2 Å². The van der Waals surface area contributed by atoms with Gasteiger partial charge in [0, 0.05) is 19.2 Å². The average molecular weight is 166 g/mol. The van der Waals surface area contributed by atoms with Crippen molar-refractivity contribution < 1.29 is 9.59 Å². The van der Waals surface area contributed by atoms with Crippen molar-refractivity contribution in [2.75, 3.05) is 0 Å². The summed E-state index contributed by atoms with van der Waals surface area (Å²) in [5.41, 5.74) is 1.14. The highest BCUT2D eigenvalue weighted by atomic mass is 16.1. The van der Waals surface area contributed by atoms with Crippen LogP contribution in [0.5, 0.6) is 0 Å². The molecule has 0 atom stereocenters. The van der Waals surface area contributed by atoms with Crippen LogP contribution in [0.1, 0.15) is 23.1 Å². The van der Waals surface area contributed by atoms with Crippen LogP contribution in [0.25, 0.3) is 0 Å². The Kier molecular flexibility index (Phi) is 2.38. The first-order valence-electron chi connectivity index (χ1n) is 3.61. The zero-order chi connectivity index (χ0) is 9.14. The van der Waals surface area contributed by atoms with Gasteiger partial charge in [-0.05, 0) is 13.0 Å².